The predicted molar refractivity (Wildman–Crippen MR) is 227 cm³/mol. The van der Waals surface area contributed by atoms with Crippen LogP contribution in [0.5, 0.6) is 0 Å². The van der Waals surface area contributed by atoms with Gasteiger partial charge in [-0.2, -0.15) is 0 Å². The van der Waals surface area contributed by atoms with Crippen LogP contribution in [0.25, 0.3) is 76.5 Å². The van der Waals surface area contributed by atoms with Crippen molar-refractivity contribution in [2.75, 3.05) is 4.90 Å². The molecule has 10 aromatic carbocycles. The van der Waals surface area contributed by atoms with Crippen LogP contribution in [0.15, 0.2) is 212 Å². The number of fused-ring (bicyclic) bond motifs is 6. The van der Waals surface area contributed by atoms with Gasteiger partial charge in [0.05, 0.1) is 5.69 Å². The molecule has 0 bridgehead atoms. The third kappa shape index (κ3) is 5.60. The minimum atomic E-state index is 1.10. The lowest BCUT2D eigenvalue weighted by atomic mass is 9.94. The summed E-state index contributed by atoms with van der Waals surface area (Å²) in [4.78, 5) is 2.39. The minimum absolute atomic E-state index is 1.10. The molecule has 0 radical (unpaired) electrons. The summed E-state index contributed by atoms with van der Waals surface area (Å²) in [6, 6.07) is 77.2. The van der Waals surface area contributed by atoms with Crippen molar-refractivity contribution in [3.8, 4) is 33.4 Å². The van der Waals surface area contributed by atoms with E-state index in [4.69, 9.17) is 0 Å². The molecule has 1 heteroatoms. The van der Waals surface area contributed by atoms with Gasteiger partial charge in [-0.3, -0.25) is 0 Å². The van der Waals surface area contributed by atoms with E-state index in [1.165, 1.54) is 76.5 Å². The van der Waals surface area contributed by atoms with Crippen molar-refractivity contribution in [3.05, 3.63) is 212 Å². The summed E-state index contributed by atoms with van der Waals surface area (Å²) < 4.78 is 0. The van der Waals surface area contributed by atoms with Gasteiger partial charge in [0.15, 0.2) is 0 Å². The summed E-state index contributed by atoms with van der Waals surface area (Å²) in [5, 5.41) is 10.2. The topological polar surface area (TPSA) is 3.24 Å². The van der Waals surface area contributed by atoms with Crippen molar-refractivity contribution >= 4 is 60.2 Å². The van der Waals surface area contributed by atoms with E-state index in [2.05, 4.69) is 217 Å². The molecule has 248 valence electrons. The molecule has 10 rings (SSSR count). The number of rotatable bonds is 6. The van der Waals surface area contributed by atoms with Crippen LogP contribution in [0.1, 0.15) is 0 Å². The first kappa shape index (κ1) is 30.8. The van der Waals surface area contributed by atoms with Gasteiger partial charge in [-0.25, -0.2) is 0 Å². The highest BCUT2D eigenvalue weighted by atomic mass is 15.1. The summed E-state index contributed by atoms with van der Waals surface area (Å²) in [5.41, 5.74) is 10.5. The zero-order chi connectivity index (χ0) is 35.1. The van der Waals surface area contributed by atoms with Crippen LogP contribution >= 0.6 is 0 Å². The summed E-state index contributed by atoms with van der Waals surface area (Å²) in [5.74, 6) is 0. The fraction of sp³-hybridized carbons (Fsp3) is 0. The fourth-order valence-electron chi connectivity index (χ4n) is 7.94. The van der Waals surface area contributed by atoms with Gasteiger partial charge in [0.2, 0.25) is 0 Å². The second-order valence-electron chi connectivity index (χ2n) is 13.8. The number of hydrogen-bond acceptors (Lipinski definition) is 1. The van der Waals surface area contributed by atoms with E-state index in [1.54, 1.807) is 0 Å². The Hall–Kier alpha value is -6.96. The molecule has 0 unspecified atom stereocenters. The van der Waals surface area contributed by atoms with Crippen LogP contribution < -0.4 is 4.90 Å². The summed E-state index contributed by atoms with van der Waals surface area (Å²) >= 11 is 0. The van der Waals surface area contributed by atoms with Crippen LogP contribution in [-0.4, -0.2) is 0 Å². The minimum Gasteiger partial charge on any atom is -0.310 e. The predicted octanol–water partition coefficient (Wildman–Crippen LogP) is 14.8. The van der Waals surface area contributed by atoms with E-state index in [0.717, 1.165) is 17.1 Å². The number of para-hydroxylation sites is 1. The van der Waals surface area contributed by atoms with Crippen molar-refractivity contribution in [2.24, 2.45) is 0 Å². The molecule has 0 aliphatic rings. The summed E-state index contributed by atoms with van der Waals surface area (Å²) in [6.45, 7) is 0. The second kappa shape index (κ2) is 13.0. The second-order valence-corrected chi connectivity index (χ2v) is 13.8. The first-order valence-corrected chi connectivity index (χ1v) is 18.3. The van der Waals surface area contributed by atoms with Gasteiger partial charge in [-0.05, 0) is 113 Å². The van der Waals surface area contributed by atoms with E-state index in [9.17, 15) is 0 Å². The van der Waals surface area contributed by atoms with Crippen molar-refractivity contribution in [1.29, 1.82) is 0 Å². The Bertz CT molecular complexity index is 2920. The van der Waals surface area contributed by atoms with Crippen LogP contribution in [-0.2, 0) is 0 Å². The zero-order valence-electron chi connectivity index (χ0n) is 29.2. The lowest BCUT2D eigenvalue weighted by Gasteiger charge is -2.28. The maximum atomic E-state index is 2.39. The standard InChI is InChI=1S/C52H35N/c1-2-10-36(11-3-1)38-20-27-45(28-21-38)53(52-17-9-8-16-49(52)44-19-18-37-12-4-5-14-41(37)34-44)46-29-22-39(23-30-46)42-25-31-48-43(35-42)26-33-50-47-15-7-6-13-40(47)24-32-51(48)50/h1-35H. The van der Waals surface area contributed by atoms with Crippen molar-refractivity contribution in [3.63, 3.8) is 0 Å². The SMILES string of the molecule is c1ccc(-c2ccc(N(c3ccc(-c4ccc5c(ccc6c7ccccc7ccc56)c4)cc3)c3ccccc3-c3ccc4ccccc4c3)cc2)cc1. The normalized spacial score (nSPS) is 11.4. The molecule has 53 heavy (non-hydrogen) atoms. The molecule has 1 nitrogen and oxygen atoms in total. The van der Waals surface area contributed by atoms with Gasteiger partial charge >= 0.3 is 0 Å². The molecular formula is C52H35N. The Balaban J connectivity index is 1.06. The van der Waals surface area contributed by atoms with E-state index >= 15 is 0 Å². The maximum Gasteiger partial charge on any atom is 0.0540 e. The first-order valence-electron chi connectivity index (χ1n) is 18.3. The number of benzene rings is 10. The van der Waals surface area contributed by atoms with E-state index in [-0.39, 0.29) is 0 Å². The van der Waals surface area contributed by atoms with Gasteiger partial charge in [-0.15, -0.1) is 0 Å². The van der Waals surface area contributed by atoms with Gasteiger partial charge in [-0.1, -0.05) is 170 Å². The van der Waals surface area contributed by atoms with Crippen LogP contribution in [0, 0.1) is 0 Å². The van der Waals surface area contributed by atoms with E-state index in [0.29, 0.717) is 0 Å². The molecule has 0 fully saturated rings. The lowest BCUT2D eigenvalue weighted by molar-refractivity contribution is 1.28. The molecule has 0 heterocycles. The molecule has 10 aromatic rings. The molecule has 0 atom stereocenters. The van der Waals surface area contributed by atoms with Crippen LogP contribution in [0.3, 0.4) is 0 Å². The molecule has 0 N–H and O–H groups in total. The summed E-state index contributed by atoms with van der Waals surface area (Å²) in [7, 11) is 0. The Kier molecular flexibility index (Phi) is 7.55. The Morgan fingerprint density at radius 3 is 1.47 bits per heavy atom. The van der Waals surface area contributed by atoms with Crippen molar-refractivity contribution in [1.82, 2.24) is 0 Å². The number of nitrogens with zero attached hydrogens (tertiary/aromatic N) is 1. The van der Waals surface area contributed by atoms with Crippen LogP contribution in [0.4, 0.5) is 17.1 Å². The molecule has 0 saturated heterocycles. The Labute approximate surface area is 309 Å². The van der Waals surface area contributed by atoms with Gasteiger partial charge < -0.3 is 4.90 Å². The third-order valence-corrected chi connectivity index (χ3v) is 10.6. The van der Waals surface area contributed by atoms with Crippen molar-refractivity contribution < 1.29 is 0 Å². The molecule has 0 aliphatic heterocycles. The Morgan fingerprint density at radius 2 is 0.717 bits per heavy atom. The molecular weight excluding hydrogens is 639 g/mol. The van der Waals surface area contributed by atoms with Gasteiger partial charge in [0.25, 0.3) is 0 Å². The quantitative estimate of drug-likeness (QED) is 0.159. The van der Waals surface area contributed by atoms with Gasteiger partial charge in [0, 0.05) is 16.9 Å². The largest absolute Gasteiger partial charge is 0.310 e. The lowest BCUT2D eigenvalue weighted by Crippen LogP contribution is -2.11. The Morgan fingerprint density at radius 1 is 0.245 bits per heavy atom. The van der Waals surface area contributed by atoms with E-state index in [1.807, 2.05) is 0 Å². The van der Waals surface area contributed by atoms with Crippen LogP contribution in [0.2, 0.25) is 0 Å². The fourth-order valence-corrected chi connectivity index (χ4v) is 7.94. The highest BCUT2D eigenvalue weighted by Gasteiger charge is 2.18. The highest BCUT2D eigenvalue weighted by molar-refractivity contribution is 6.17. The van der Waals surface area contributed by atoms with Crippen molar-refractivity contribution in [2.45, 2.75) is 0 Å². The molecule has 0 spiro atoms. The number of hydrogen-bond donors (Lipinski definition) is 0. The monoisotopic (exact) mass is 673 g/mol. The molecule has 0 amide bonds. The van der Waals surface area contributed by atoms with E-state index < -0.39 is 0 Å². The van der Waals surface area contributed by atoms with Gasteiger partial charge in [0.1, 0.15) is 0 Å². The smallest absolute Gasteiger partial charge is 0.0540 e. The maximum absolute atomic E-state index is 2.39. The molecule has 0 aromatic heterocycles. The average molecular weight is 674 g/mol. The zero-order valence-corrected chi connectivity index (χ0v) is 29.2. The molecule has 0 saturated carbocycles. The average Bonchev–Trinajstić information content (AvgIpc) is 3.24. The highest BCUT2D eigenvalue weighted by Crippen LogP contribution is 2.42. The molecule has 0 aliphatic carbocycles. The third-order valence-electron chi connectivity index (χ3n) is 10.6. The summed E-state index contributed by atoms with van der Waals surface area (Å²) in [6.07, 6.45) is 0. The first-order chi connectivity index (χ1) is 26.3. The number of anilines is 3.